The first kappa shape index (κ1) is 17.1. The van der Waals surface area contributed by atoms with E-state index in [4.69, 9.17) is 9.47 Å². The molecule has 5 heteroatoms. The Labute approximate surface area is 122 Å². The number of rotatable bonds is 10. The first-order valence-corrected chi connectivity index (χ1v) is 7.33. The van der Waals surface area contributed by atoms with Crippen molar-refractivity contribution in [2.24, 2.45) is 0 Å². The molecule has 0 aliphatic carbocycles. The van der Waals surface area contributed by atoms with Gasteiger partial charge >= 0.3 is 0 Å². The molecular weight excluding hydrogens is 254 g/mol. The lowest BCUT2D eigenvalue weighted by Crippen LogP contribution is -2.35. The largest absolute Gasteiger partial charge is 0.382 e. The van der Waals surface area contributed by atoms with Crippen LogP contribution in [-0.2, 0) is 22.6 Å². The van der Waals surface area contributed by atoms with Gasteiger partial charge in [0, 0.05) is 38.5 Å². The molecule has 0 fully saturated rings. The summed E-state index contributed by atoms with van der Waals surface area (Å²) in [4.78, 5) is 4.24. The van der Waals surface area contributed by atoms with Crippen molar-refractivity contribution in [3.8, 4) is 0 Å². The molecule has 0 amide bonds. The molecule has 0 bridgehead atoms. The van der Waals surface area contributed by atoms with Gasteiger partial charge in [0.1, 0.15) is 0 Å². The minimum Gasteiger partial charge on any atom is -0.382 e. The highest BCUT2D eigenvalue weighted by atomic mass is 16.5. The van der Waals surface area contributed by atoms with Crippen molar-refractivity contribution in [2.45, 2.75) is 52.2 Å². The zero-order valence-electron chi connectivity index (χ0n) is 13.3. The molecule has 0 atom stereocenters. The van der Waals surface area contributed by atoms with Crippen molar-refractivity contribution < 1.29 is 9.47 Å². The molecular formula is C15H29N3O2. The number of nitrogens with zero attached hydrogens (tertiary/aromatic N) is 2. The van der Waals surface area contributed by atoms with Crippen LogP contribution in [-0.4, -0.2) is 42.0 Å². The van der Waals surface area contributed by atoms with Crippen LogP contribution in [0.5, 0.6) is 0 Å². The summed E-state index contributed by atoms with van der Waals surface area (Å²) in [6, 6.07) is 0. The smallest absolute Gasteiger partial charge is 0.0948 e. The van der Waals surface area contributed by atoms with Crippen molar-refractivity contribution in [3.63, 3.8) is 0 Å². The molecule has 0 aliphatic heterocycles. The van der Waals surface area contributed by atoms with Crippen molar-refractivity contribution in [1.29, 1.82) is 0 Å². The number of imidazole rings is 1. The Morgan fingerprint density at radius 3 is 2.70 bits per heavy atom. The van der Waals surface area contributed by atoms with Crippen LogP contribution in [0.15, 0.2) is 12.5 Å². The Morgan fingerprint density at radius 2 is 2.00 bits per heavy atom. The molecule has 0 aromatic carbocycles. The van der Waals surface area contributed by atoms with E-state index in [1.165, 1.54) is 5.69 Å². The molecule has 116 valence electrons. The maximum atomic E-state index is 5.45. The Hall–Kier alpha value is -0.910. The van der Waals surface area contributed by atoms with Gasteiger partial charge in [0.05, 0.1) is 25.2 Å². The van der Waals surface area contributed by atoms with Gasteiger partial charge in [0.25, 0.3) is 0 Å². The zero-order valence-corrected chi connectivity index (χ0v) is 13.3. The van der Waals surface area contributed by atoms with Gasteiger partial charge in [-0.15, -0.1) is 0 Å². The number of aryl methyl sites for hydroxylation is 1. The quantitative estimate of drug-likeness (QED) is 0.669. The normalized spacial score (nSPS) is 12.0. The highest BCUT2D eigenvalue weighted by molar-refractivity contribution is 4.98. The van der Waals surface area contributed by atoms with E-state index in [-0.39, 0.29) is 5.54 Å². The predicted octanol–water partition coefficient (Wildman–Crippen LogP) is 2.21. The van der Waals surface area contributed by atoms with Gasteiger partial charge in [0.15, 0.2) is 0 Å². The summed E-state index contributed by atoms with van der Waals surface area (Å²) in [5.74, 6) is 0. The number of unbranched alkanes of at least 4 members (excludes halogenated alkanes) is 1. The summed E-state index contributed by atoms with van der Waals surface area (Å²) in [5.41, 5.74) is 1.37. The summed E-state index contributed by atoms with van der Waals surface area (Å²) >= 11 is 0. The third-order valence-electron chi connectivity index (χ3n) is 2.97. The monoisotopic (exact) mass is 283 g/mol. The number of hydrogen-bond acceptors (Lipinski definition) is 4. The summed E-state index contributed by atoms with van der Waals surface area (Å²) < 4.78 is 12.6. The van der Waals surface area contributed by atoms with Gasteiger partial charge in [-0.25, -0.2) is 4.98 Å². The van der Waals surface area contributed by atoms with Crippen LogP contribution in [0.3, 0.4) is 0 Å². The second-order valence-electron chi connectivity index (χ2n) is 5.99. The third-order valence-corrected chi connectivity index (χ3v) is 2.97. The number of nitrogens with one attached hydrogen (secondary N) is 1. The number of aromatic nitrogens is 2. The Bertz CT molecular complexity index is 358. The average molecular weight is 283 g/mol. The molecule has 1 heterocycles. The minimum atomic E-state index is 0.129. The highest BCUT2D eigenvalue weighted by Crippen LogP contribution is 2.06. The van der Waals surface area contributed by atoms with Crippen molar-refractivity contribution in [1.82, 2.24) is 14.9 Å². The minimum absolute atomic E-state index is 0.129. The average Bonchev–Trinajstić information content (AvgIpc) is 2.82. The molecule has 1 aromatic rings. The van der Waals surface area contributed by atoms with Gasteiger partial charge in [-0.3, -0.25) is 0 Å². The predicted molar refractivity (Wildman–Crippen MR) is 80.7 cm³/mol. The third kappa shape index (κ3) is 7.62. The van der Waals surface area contributed by atoms with Gasteiger partial charge in [-0.05, 0) is 33.6 Å². The Balaban J connectivity index is 2.19. The topological polar surface area (TPSA) is 48.3 Å². The number of ether oxygens (including phenoxy) is 2. The van der Waals surface area contributed by atoms with Gasteiger partial charge in [-0.2, -0.15) is 0 Å². The van der Waals surface area contributed by atoms with Gasteiger partial charge < -0.3 is 19.4 Å². The molecule has 0 aliphatic rings. The standard InChI is InChI=1S/C15H29N3O2/c1-15(2,3)17-12-14-11-16-13-18(14)7-5-6-8-20-10-9-19-4/h11,13,17H,5-10,12H2,1-4H3. The Kier molecular flexibility index (Phi) is 7.80. The summed E-state index contributed by atoms with van der Waals surface area (Å²) in [7, 11) is 1.69. The van der Waals surface area contributed by atoms with E-state index in [0.29, 0.717) is 13.2 Å². The lowest BCUT2D eigenvalue weighted by atomic mass is 10.1. The van der Waals surface area contributed by atoms with E-state index in [1.807, 2.05) is 12.5 Å². The molecule has 0 radical (unpaired) electrons. The van der Waals surface area contributed by atoms with E-state index in [0.717, 1.165) is 32.5 Å². The first-order valence-electron chi connectivity index (χ1n) is 7.33. The summed E-state index contributed by atoms with van der Waals surface area (Å²) in [6.45, 7) is 10.5. The van der Waals surface area contributed by atoms with Crippen molar-refractivity contribution in [3.05, 3.63) is 18.2 Å². The van der Waals surface area contributed by atoms with E-state index in [1.54, 1.807) is 7.11 Å². The van der Waals surface area contributed by atoms with E-state index in [2.05, 4.69) is 35.6 Å². The molecule has 1 N–H and O–H groups in total. The van der Waals surface area contributed by atoms with Crippen LogP contribution < -0.4 is 5.32 Å². The van der Waals surface area contributed by atoms with Crippen molar-refractivity contribution >= 4 is 0 Å². The molecule has 1 aromatic heterocycles. The fourth-order valence-electron chi connectivity index (χ4n) is 1.78. The van der Waals surface area contributed by atoms with Crippen LogP contribution >= 0.6 is 0 Å². The van der Waals surface area contributed by atoms with E-state index < -0.39 is 0 Å². The molecule has 5 nitrogen and oxygen atoms in total. The molecule has 0 unspecified atom stereocenters. The van der Waals surface area contributed by atoms with Crippen molar-refractivity contribution in [2.75, 3.05) is 26.9 Å². The number of methoxy groups -OCH3 is 1. The summed E-state index contributed by atoms with van der Waals surface area (Å²) in [5, 5.41) is 3.49. The van der Waals surface area contributed by atoms with Crippen LogP contribution in [0.4, 0.5) is 0 Å². The van der Waals surface area contributed by atoms with Crippen LogP contribution in [0.2, 0.25) is 0 Å². The van der Waals surface area contributed by atoms with Crippen LogP contribution in [0, 0.1) is 0 Å². The SMILES string of the molecule is COCCOCCCCn1cncc1CNC(C)(C)C. The first-order chi connectivity index (χ1) is 9.53. The molecule has 1 rings (SSSR count). The molecule has 20 heavy (non-hydrogen) atoms. The van der Waals surface area contributed by atoms with Gasteiger partial charge in [0.2, 0.25) is 0 Å². The zero-order chi connectivity index (χ0) is 14.8. The van der Waals surface area contributed by atoms with Crippen LogP contribution in [0.1, 0.15) is 39.3 Å². The fourth-order valence-corrected chi connectivity index (χ4v) is 1.78. The van der Waals surface area contributed by atoms with E-state index in [9.17, 15) is 0 Å². The molecule has 0 saturated heterocycles. The summed E-state index contributed by atoms with van der Waals surface area (Å²) in [6.07, 6.45) is 6.01. The maximum absolute atomic E-state index is 5.45. The van der Waals surface area contributed by atoms with E-state index >= 15 is 0 Å². The lowest BCUT2D eigenvalue weighted by molar-refractivity contribution is 0.0684. The lowest BCUT2D eigenvalue weighted by Gasteiger charge is -2.21. The Morgan fingerprint density at radius 1 is 1.20 bits per heavy atom. The number of hydrogen-bond donors (Lipinski definition) is 1. The highest BCUT2D eigenvalue weighted by Gasteiger charge is 2.10. The van der Waals surface area contributed by atoms with Crippen LogP contribution in [0.25, 0.3) is 0 Å². The molecule has 0 saturated carbocycles. The molecule has 0 spiro atoms. The second kappa shape index (κ2) is 9.10. The maximum Gasteiger partial charge on any atom is 0.0948 e. The second-order valence-corrected chi connectivity index (χ2v) is 5.99. The fraction of sp³-hybridized carbons (Fsp3) is 0.800. The van der Waals surface area contributed by atoms with Gasteiger partial charge in [-0.1, -0.05) is 0 Å².